The van der Waals surface area contributed by atoms with E-state index in [9.17, 15) is 0 Å². The highest BCUT2D eigenvalue weighted by Crippen LogP contribution is 1.91. The van der Waals surface area contributed by atoms with E-state index < -0.39 is 0 Å². The maximum Gasteiger partial charge on any atom is 0.143 e. The van der Waals surface area contributed by atoms with Crippen molar-refractivity contribution < 1.29 is 5.21 Å². The zero-order chi connectivity index (χ0) is 7.40. The summed E-state index contributed by atoms with van der Waals surface area (Å²) in [5, 5.41) is 12.2. The summed E-state index contributed by atoms with van der Waals surface area (Å²) in [7, 11) is 0. The minimum absolute atomic E-state index is 0.341. The Morgan fingerprint density at radius 3 is 3.20 bits per heavy atom. The van der Waals surface area contributed by atoms with Gasteiger partial charge in [-0.05, 0) is 6.92 Å². The van der Waals surface area contributed by atoms with Gasteiger partial charge in [-0.1, -0.05) is 0 Å². The van der Waals surface area contributed by atoms with Gasteiger partial charge in [-0.25, -0.2) is 9.67 Å². The highest BCUT2D eigenvalue weighted by atomic mass is 16.5. The van der Waals surface area contributed by atoms with Crippen LogP contribution < -0.4 is 5.48 Å². The van der Waals surface area contributed by atoms with Crippen molar-refractivity contribution in [2.45, 2.75) is 20.0 Å². The van der Waals surface area contributed by atoms with Gasteiger partial charge in [0, 0.05) is 6.54 Å². The van der Waals surface area contributed by atoms with Crippen LogP contribution in [0, 0.1) is 0 Å². The summed E-state index contributed by atoms with van der Waals surface area (Å²) >= 11 is 0. The van der Waals surface area contributed by atoms with Gasteiger partial charge < -0.3 is 5.21 Å². The van der Waals surface area contributed by atoms with Gasteiger partial charge in [-0.3, -0.25) is 0 Å². The van der Waals surface area contributed by atoms with Crippen LogP contribution in [0.1, 0.15) is 12.7 Å². The van der Waals surface area contributed by atoms with E-state index in [-0.39, 0.29) is 0 Å². The molecule has 0 saturated heterocycles. The third-order valence-electron chi connectivity index (χ3n) is 1.23. The van der Waals surface area contributed by atoms with E-state index in [2.05, 4.69) is 10.1 Å². The minimum atomic E-state index is 0.341. The van der Waals surface area contributed by atoms with Gasteiger partial charge in [0.05, 0.1) is 6.54 Å². The smallest absolute Gasteiger partial charge is 0.143 e. The van der Waals surface area contributed by atoms with Crippen LogP contribution in [0.5, 0.6) is 0 Å². The fourth-order valence-electron chi connectivity index (χ4n) is 0.760. The maximum atomic E-state index is 8.33. The second-order valence-electron chi connectivity index (χ2n) is 1.83. The number of rotatable bonds is 3. The largest absolute Gasteiger partial charge is 0.316 e. The minimum Gasteiger partial charge on any atom is -0.316 e. The Labute approximate surface area is 58.7 Å². The fraction of sp³-hybridized carbons (Fsp3) is 0.600. The Balaban J connectivity index is 2.70. The number of nitrogens with zero attached hydrogens (tertiary/aromatic N) is 3. The highest BCUT2D eigenvalue weighted by Gasteiger charge is 1.98. The van der Waals surface area contributed by atoms with E-state index in [1.807, 2.05) is 12.4 Å². The summed E-state index contributed by atoms with van der Waals surface area (Å²) in [4.78, 5) is 3.91. The lowest BCUT2D eigenvalue weighted by atomic mass is 10.6. The Hall–Kier alpha value is -0.940. The normalized spacial score (nSPS) is 10.2. The van der Waals surface area contributed by atoms with Gasteiger partial charge in [-0.15, -0.1) is 0 Å². The molecule has 56 valence electrons. The molecule has 0 bridgehead atoms. The number of aromatic nitrogens is 3. The molecule has 5 nitrogen and oxygen atoms in total. The summed E-state index contributed by atoms with van der Waals surface area (Å²) in [6.07, 6.45) is 1.47. The molecule has 5 heteroatoms. The van der Waals surface area contributed by atoms with E-state index in [1.165, 1.54) is 6.33 Å². The molecule has 1 aromatic heterocycles. The molecule has 0 fully saturated rings. The molecule has 0 saturated carbocycles. The third-order valence-corrected chi connectivity index (χ3v) is 1.23. The molecule has 1 aromatic rings. The number of hydrogen-bond acceptors (Lipinski definition) is 4. The molecule has 0 amide bonds. The second-order valence-corrected chi connectivity index (χ2v) is 1.83. The zero-order valence-corrected chi connectivity index (χ0v) is 5.78. The molecular weight excluding hydrogens is 132 g/mol. The Bertz CT molecular complexity index is 197. The molecule has 10 heavy (non-hydrogen) atoms. The lowest BCUT2D eigenvalue weighted by Crippen LogP contribution is -2.12. The Morgan fingerprint density at radius 2 is 2.60 bits per heavy atom. The van der Waals surface area contributed by atoms with Gasteiger partial charge in [0.2, 0.25) is 0 Å². The number of hydrogen-bond donors (Lipinski definition) is 2. The van der Waals surface area contributed by atoms with E-state index in [0.717, 1.165) is 12.4 Å². The van der Waals surface area contributed by atoms with Crippen LogP contribution in [0.15, 0.2) is 6.33 Å². The monoisotopic (exact) mass is 142 g/mol. The first-order valence-electron chi connectivity index (χ1n) is 3.12. The Kier molecular flexibility index (Phi) is 2.35. The molecule has 0 unspecified atom stereocenters. The summed E-state index contributed by atoms with van der Waals surface area (Å²) in [5.41, 5.74) is 2.02. The van der Waals surface area contributed by atoms with Crippen molar-refractivity contribution in [3.8, 4) is 0 Å². The summed E-state index contributed by atoms with van der Waals surface area (Å²) in [6, 6.07) is 0. The van der Waals surface area contributed by atoms with Crippen LogP contribution in [-0.4, -0.2) is 20.0 Å². The Morgan fingerprint density at radius 1 is 1.80 bits per heavy atom. The lowest BCUT2D eigenvalue weighted by Gasteiger charge is -1.99. The van der Waals surface area contributed by atoms with E-state index in [4.69, 9.17) is 5.21 Å². The molecule has 0 radical (unpaired) electrons. The van der Waals surface area contributed by atoms with Crippen LogP contribution in [0.25, 0.3) is 0 Å². The predicted molar refractivity (Wildman–Crippen MR) is 34.3 cm³/mol. The molecule has 1 rings (SSSR count). The van der Waals surface area contributed by atoms with Crippen LogP contribution >= 0.6 is 0 Å². The summed E-state index contributed by atoms with van der Waals surface area (Å²) < 4.78 is 1.71. The first-order valence-corrected chi connectivity index (χ1v) is 3.12. The molecular formula is C5H10N4O. The van der Waals surface area contributed by atoms with E-state index in [0.29, 0.717) is 6.54 Å². The van der Waals surface area contributed by atoms with Crippen LogP contribution in [-0.2, 0) is 13.1 Å². The van der Waals surface area contributed by atoms with Gasteiger partial charge in [0.25, 0.3) is 0 Å². The molecule has 1 heterocycles. The van der Waals surface area contributed by atoms with Crippen molar-refractivity contribution in [2.75, 3.05) is 0 Å². The van der Waals surface area contributed by atoms with Crippen molar-refractivity contribution >= 4 is 0 Å². The van der Waals surface area contributed by atoms with Crippen molar-refractivity contribution in [3.63, 3.8) is 0 Å². The molecule has 0 aliphatic heterocycles. The van der Waals surface area contributed by atoms with Gasteiger partial charge in [-0.2, -0.15) is 10.6 Å². The number of aryl methyl sites for hydroxylation is 1. The molecule has 0 atom stereocenters. The third kappa shape index (κ3) is 1.31. The first kappa shape index (κ1) is 7.17. The van der Waals surface area contributed by atoms with Gasteiger partial charge in [0.1, 0.15) is 12.2 Å². The predicted octanol–water partition coefficient (Wildman–Crippen LogP) is -0.223. The second kappa shape index (κ2) is 3.28. The number of hydroxylamine groups is 1. The topological polar surface area (TPSA) is 63.0 Å². The SMILES string of the molecule is CCn1ncnc1CNO. The first-order chi connectivity index (χ1) is 4.88. The van der Waals surface area contributed by atoms with Crippen LogP contribution in [0.4, 0.5) is 0 Å². The maximum absolute atomic E-state index is 8.33. The fourth-order valence-corrected chi connectivity index (χ4v) is 0.760. The standard InChI is InChI=1S/C5H10N4O/c1-2-9-5(3-8-10)6-4-7-9/h4,8,10H,2-3H2,1H3. The van der Waals surface area contributed by atoms with Crippen molar-refractivity contribution in [1.29, 1.82) is 0 Å². The average molecular weight is 142 g/mol. The van der Waals surface area contributed by atoms with Gasteiger partial charge >= 0.3 is 0 Å². The summed E-state index contributed by atoms with van der Waals surface area (Å²) in [5.74, 6) is 0.741. The zero-order valence-electron chi connectivity index (χ0n) is 5.78. The van der Waals surface area contributed by atoms with Gasteiger partial charge in [0.15, 0.2) is 0 Å². The van der Waals surface area contributed by atoms with Crippen LogP contribution in [0.3, 0.4) is 0 Å². The molecule has 2 N–H and O–H groups in total. The quantitative estimate of drug-likeness (QED) is 0.572. The highest BCUT2D eigenvalue weighted by molar-refractivity contribution is 4.81. The summed E-state index contributed by atoms with van der Waals surface area (Å²) in [6.45, 7) is 3.08. The van der Waals surface area contributed by atoms with Crippen molar-refractivity contribution in [1.82, 2.24) is 20.2 Å². The molecule has 0 spiro atoms. The lowest BCUT2D eigenvalue weighted by molar-refractivity contribution is 0.157. The molecule has 0 aliphatic rings. The number of nitrogens with one attached hydrogen (secondary N) is 1. The van der Waals surface area contributed by atoms with Crippen LogP contribution in [0.2, 0.25) is 0 Å². The van der Waals surface area contributed by atoms with E-state index >= 15 is 0 Å². The average Bonchev–Trinajstić information content (AvgIpc) is 2.36. The van der Waals surface area contributed by atoms with Crippen molar-refractivity contribution in [3.05, 3.63) is 12.2 Å². The van der Waals surface area contributed by atoms with Crippen molar-refractivity contribution in [2.24, 2.45) is 0 Å². The molecule has 0 aromatic carbocycles. The van der Waals surface area contributed by atoms with E-state index in [1.54, 1.807) is 4.68 Å². The molecule has 0 aliphatic carbocycles.